The van der Waals surface area contributed by atoms with Gasteiger partial charge in [0.05, 0.1) is 0 Å². The van der Waals surface area contributed by atoms with Crippen LogP contribution in [-0.4, -0.2) is 5.11 Å². The van der Waals surface area contributed by atoms with Gasteiger partial charge in [-0.3, -0.25) is 0 Å². The summed E-state index contributed by atoms with van der Waals surface area (Å²) in [4.78, 5) is 0. The normalized spacial score (nSPS) is 10.4. The first kappa shape index (κ1) is 11.4. The molecule has 0 atom stereocenters. The summed E-state index contributed by atoms with van der Waals surface area (Å²) in [7, 11) is 0. The quantitative estimate of drug-likeness (QED) is 0.815. The number of phenols is 1. The summed E-state index contributed by atoms with van der Waals surface area (Å²) in [6, 6.07) is 9.25. The van der Waals surface area contributed by atoms with Crippen molar-refractivity contribution in [2.24, 2.45) is 0 Å². The summed E-state index contributed by atoms with van der Waals surface area (Å²) in [6.45, 7) is 0. The van der Waals surface area contributed by atoms with Crippen LogP contribution in [0.2, 0.25) is 5.02 Å². The van der Waals surface area contributed by atoms with Crippen molar-refractivity contribution < 1.29 is 9.50 Å². The molecule has 0 aliphatic rings. The maximum absolute atomic E-state index is 13.6. The van der Waals surface area contributed by atoms with Crippen molar-refractivity contribution in [1.82, 2.24) is 0 Å². The largest absolute Gasteiger partial charge is 0.507 e. The van der Waals surface area contributed by atoms with Gasteiger partial charge in [-0.15, -0.1) is 0 Å². The van der Waals surface area contributed by atoms with Crippen LogP contribution in [0.15, 0.2) is 40.9 Å². The lowest BCUT2D eigenvalue weighted by molar-refractivity contribution is 0.477. The molecule has 4 heteroatoms. The van der Waals surface area contributed by atoms with E-state index in [4.69, 9.17) is 11.6 Å². The number of phenolic OH excluding ortho intramolecular Hbond substituents is 1. The molecule has 0 saturated heterocycles. The topological polar surface area (TPSA) is 20.2 Å². The first-order valence-electron chi connectivity index (χ1n) is 4.52. The zero-order chi connectivity index (χ0) is 11.7. The van der Waals surface area contributed by atoms with Gasteiger partial charge in [0.25, 0.3) is 0 Å². The average molecular weight is 302 g/mol. The molecule has 16 heavy (non-hydrogen) atoms. The van der Waals surface area contributed by atoms with E-state index in [1.807, 2.05) is 0 Å². The summed E-state index contributed by atoms with van der Waals surface area (Å²) in [5, 5.41) is 10.1. The average Bonchev–Trinajstić information content (AvgIpc) is 2.19. The van der Waals surface area contributed by atoms with Crippen LogP contribution < -0.4 is 0 Å². The molecule has 0 aliphatic heterocycles. The lowest BCUT2D eigenvalue weighted by atomic mass is 10.0. The molecule has 82 valence electrons. The predicted octanol–water partition coefficient (Wildman–Crippen LogP) is 4.61. The van der Waals surface area contributed by atoms with E-state index >= 15 is 0 Å². The minimum atomic E-state index is -0.396. The van der Waals surface area contributed by atoms with Crippen LogP contribution >= 0.6 is 27.5 Å². The molecule has 0 amide bonds. The summed E-state index contributed by atoms with van der Waals surface area (Å²) in [5.74, 6) is -0.430. The van der Waals surface area contributed by atoms with Gasteiger partial charge in [0.1, 0.15) is 11.6 Å². The number of aromatic hydroxyl groups is 1. The summed E-state index contributed by atoms with van der Waals surface area (Å²) < 4.78 is 14.3. The second-order valence-corrected chi connectivity index (χ2v) is 4.64. The van der Waals surface area contributed by atoms with Gasteiger partial charge in [-0.2, -0.15) is 0 Å². The van der Waals surface area contributed by atoms with Crippen LogP contribution in [0.25, 0.3) is 11.1 Å². The van der Waals surface area contributed by atoms with E-state index in [9.17, 15) is 9.50 Å². The fraction of sp³-hybridized carbons (Fsp3) is 0. The smallest absolute Gasteiger partial charge is 0.132 e. The summed E-state index contributed by atoms with van der Waals surface area (Å²) in [5.41, 5.74) is 0.770. The number of rotatable bonds is 1. The molecule has 1 nitrogen and oxygen atoms in total. The van der Waals surface area contributed by atoms with Crippen LogP contribution in [0.5, 0.6) is 5.75 Å². The third kappa shape index (κ3) is 2.20. The molecule has 0 radical (unpaired) electrons. The Bertz CT molecular complexity index is 493. The highest BCUT2D eigenvalue weighted by molar-refractivity contribution is 9.10. The standard InChI is InChI=1S/C12H7BrClFO/c13-7-1-3-9(11(15)5-7)10-4-2-8(14)6-12(10)16/h1-6,16H. The Morgan fingerprint density at radius 1 is 1.06 bits per heavy atom. The fourth-order valence-corrected chi connectivity index (χ4v) is 1.94. The molecule has 2 aromatic carbocycles. The molecule has 1 N–H and O–H groups in total. The molecule has 0 saturated carbocycles. The van der Waals surface area contributed by atoms with Crippen molar-refractivity contribution in [2.45, 2.75) is 0 Å². The molecule has 0 heterocycles. The Labute approximate surface area is 106 Å². The van der Waals surface area contributed by atoms with Gasteiger partial charge >= 0.3 is 0 Å². The molecule has 0 bridgehead atoms. The minimum Gasteiger partial charge on any atom is -0.507 e. The van der Waals surface area contributed by atoms with E-state index in [2.05, 4.69) is 15.9 Å². The lowest BCUT2D eigenvalue weighted by Gasteiger charge is -2.06. The van der Waals surface area contributed by atoms with Crippen molar-refractivity contribution >= 4 is 27.5 Å². The number of hydrogen-bond acceptors (Lipinski definition) is 1. The van der Waals surface area contributed by atoms with Crippen molar-refractivity contribution in [3.05, 3.63) is 51.7 Å². The SMILES string of the molecule is Oc1cc(Cl)ccc1-c1ccc(Br)cc1F. The number of halogens is 3. The van der Waals surface area contributed by atoms with Crippen LogP contribution in [0.3, 0.4) is 0 Å². The van der Waals surface area contributed by atoms with E-state index < -0.39 is 5.82 Å². The Kier molecular flexibility index (Phi) is 3.17. The monoisotopic (exact) mass is 300 g/mol. The molecule has 2 aromatic rings. The highest BCUT2D eigenvalue weighted by atomic mass is 79.9. The van der Waals surface area contributed by atoms with Gasteiger partial charge in [0.15, 0.2) is 0 Å². The maximum atomic E-state index is 13.6. The van der Waals surface area contributed by atoms with Gasteiger partial charge in [-0.05, 0) is 30.3 Å². The first-order valence-corrected chi connectivity index (χ1v) is 5.69. The van der Waals surface area contributed by atoms with Gasteiger partial charge in [0.2, 0.25) is 0 Å². The third-order valence-corrected chi connectivity index (χ3v) is 2.91. The molecule has 2 rings (SSSR count). The van der Waals surface area contributed by atoms with E-state index in [-0.39, 0.29) is 5.75 Å². The summed E-state index contributed by atoms with van der Waals surface area (Å²) in [6.07, 6.45) is 0. The third-order valence-electron chi connectivity index (χ3n) is 2.18. The molecule has 0 fully saturated rings. The van der Waals surface area contributed by atoms with Crippen LogP contribution in [0, 0.1) is 5.82 Å². The molecular formula is C12H7BrClFO. The number of benzene rings is 2. The fourth-order valence-electron chi connectivity index (χ4n) is 1.44. The van der Waals surface area contributed by atoms with Crippen molar-refractivity contribution in [2.75, 3.05) is 0 Å². The van der Waals surface area contributed by atoms with Crippen molar-refractivity contribution in [3.8, 4) is 16.9 Å². The van der Waals surface area contributed by atoms with Gasteiger partial charge in [0, 0.05) is 20.6 Å². The van der Waals surface area contributed by atoms with Gasteiger partial charge in [-0.1, -0.05) is 33.6 Å². The van der Waals surface area contributed by atoms with E-state index in [1.165, 1.54) is 12.1 Å². The zero-order valence-corrected chi connectivity index (χ0v) is 10.4. The molecule has 0 unspecified atom stereocenters. The minimum absolute atomic E-state index is 0.0336. The van der Waals surface area contributed by atoms with E-state index in [1.54, 1.807) is 24.3 Å². The zero-order valence-electron chi connectivity index (χ0n) is 8.05. The highest BCUT2D eigenvalue weighted by Crippen LogP contribution is 2.33. The molecule has 0 aliphatic carbocycles. The van der Waals surface area contributed by atoms with Crippen LogP contribution in [0.4, 0.5) is 4.39 Å². The van der Waals surface area contributed by atoms with E-state index in [0.29, 0.717) is 20.6 Å². The van der Waals surface area contributed by atoms with Crippen LogP contribution in [0.1, 0.15) is 0 Å². The second-order valence-electron chi connectivity index (χ2n) is 3.29. The highest BCUT2D eigenvalue weighted by Gasteiger charge is 2.09. The molecular weight excluding hydrogens is 294 g/mol. The Balaban J connectivity index is 2.59. The lowest BCUT2D eigenvalue weighted by Crippen LogP contribution is -1.85. The Morgan fingerprint density at radius 2 is 1.75 bits per heavy atom. The van der Waals surface area contributed by atoms with Gasteiger partial charge < -0.3 is 5.11 Å². The maximum Gasteiger partial charge on any atom is 0.132 e. The number of hydrogen-bond donors (Lipinski definition) is 1. The van der Waals surface area contributed by atoms with Gasteiger partial charge in [-0.25, -0.2) is 4.39 Å². The van der Waals surface area contributed by atoms with Crippen molar-refractivity contribution in [1.29, 1.82) is 0 Å². The summed E-state index contributed by atoms with van der Waals surface area (Å²) >= 11 is 8.88. The predicted molar refractivity (Wildman–Crippen MR) is 66.2 cm³/mol. The first-order chi connectivity index (χ1) is 7.58. The van der Waals surface area contributed by atoms with Crippen LogP contribution in [-0.2, 0) is 0 Å². The Morgan fingerprint density at radius 3 is 2.38 bits per heavy atom. The van der Waals surface area contributed by atoms with E-state index in [0.717, 1.165) is 0 Å². The molecule has 0 aromatic heterocycles. The van der Waals surface area contributed by atoms with Crippen molar-refractivity contribution in [3.63, 3.8) is 0 Å². The Hall–Kier alpha value is -1.06. The molecule has 0 spiro atoms. The second kappa shape index (κ2) is 4.44.